The van der Waals surface area contributed by atoms with Crippen LogP contribution in [0.5, 0.6) is 0 Å². The van der Waals surface area contributed by atoms with Gasteiger partial charge in [0, 0.05) is 18.2 Å². The molecule has 0 spiro atoms. The fourth-order valence-corrected chi connectivity index (χ4v) is 2.94. The lowest BCUT2D eigenvalue weighted by Gasteiger charge is -2.31. The Kier molecular flexibility index (Phi) is 7.39. The molecular weight excluding hydrogens is 278 g/mol. The molecule has 1 aromatic carbocycles. The third-order valence-corrected chi connectivity index (χ3v) is 3.98. The summed E-state index contributed by atoms with van der Waals surface area (Å²) >= 11 is 0. The summed E-state index contributed by atoms with van der Waals surface area (Å²) in [6.45, 7) is 20.3. The van der Waals surface area contributed by atoms with E-state index in [9.17, 15) is 0 Å². The standard InChI is InChI=1S/C22H33N/c1-9-13-23(17(4)5)21(12-10-11-16(2)3)22-19(7)14-18(6)15-20(22)8/h9-10,14-17H,1,11,13H2,2-8H3. The highest BCUT2D eigenvalue weighted by Gasteiger charge is 2.17. The third-order valence-electron chi connectivity index (χ3n) is 3.98. The van der Waals surface area contributed by atoms with Crippen LogP contribution in [0.1, 0.15) is 56.4 Å². The number of nitrogens with zero attached hydrogens (tertiary/aromatic N) is 1. The number of allylic oxidation sites excluding steroid dienone is 1. The summed E-state index contributed by atoms with van der Waals surface area (Å²) < 4.78 is 0. The molecule has 1 nitrogen and oxygen atoms in total. The van der Waals surface area contributed by atoms with Crippen molar-refractivity contribution in [3.8, 4) is 0 Å². The van der Waals surface area contributed by atoms with Gasteiger partial charge < -0.3 is 4.90 Å². The molecule has 1 rings (SSSR count). The molecule has 0 unspecified atom stereocenters. The molecule has 0 bridgehead atoms. The lowest BCUT2D eigenvalue weighted by atomic mass is 9.96. The molecule has 0 saturated carbocycles. The van der Waals surface area contributed by atoms with Crippen LogP contribution < -0.4 is 0 Å². The van der Waals surface area contributed by atoms with Gasteiger partial charge in [-0.15, -0.1) is 6.58 Å². The van der Waals surface area contributed by atoms with E-state index in [4.69, 9.17) is 0 Å². The van der Waals surface area contributed by atoms with Crippen LogP contribution in [0.4, 0.5) is 0 Å². The van der Waals surface area contributed by atoms with Crippen LogP contribution in [-0.4, -0.2) is 17.5 Å². The summed E-state index contributed by atoms with van der Waals surface area (Å²) in [5, 5.41) is 0. The molecule has 1 aromatic rings. The van der Waals surface area contributed by atoms with Gasteiger partial charge >= 0.3 is 0 Å². The van der Waals surface area contributed by atoms with E-state index >= 15 is 0 Å². The Morgan fingerprint density at radius 2 is 1.70 bits per heavy atom. The first-order valence-electron chi connectivity index (χ1n) is 8.68. The fourth-order valence-electron chi connectivity index (χ4n) is 2.94. The molecule has 0 aliphatic carbocycles. The lowest BCUT2D eigenvalue weighted by Crippen LogP contribution is -2.29. The van der Waals surface area contributed by atoms with Gasteiger partial charge in [-0.3, -0.25) is 0 Å². The van der Waals surface area contributed by atoms with Gasteiger partial charge in [-0.1, -0.05) is 43.4 Å². The first-order chi connectivity index (χ1) is 10.8. The maximum Gasteiger partial charge on any atom is 0.0880 e. The Morgan fingerprint density at radius 3 is 2.13 bits per heavy atom. The molecule has 0 N–H and O–H groups in total. The van der Waals surface area contributed by atoms with Crippen LogP contribution in [-0.2, 0) is 0 Å². The number of aryl methyl sites for hydroxylation is 3. The topological polar surface area (TPSA) is 3.24 Å². The zero-order valence-electron chi connectivity index (χ0n) is 16.0. The zero-order chi connectivity index (χ0) is 17.6. The monoisotopic (exact) mass is 311 g/mol. The van der Waals surface area contributed by atoms with E-state index in [-0.39, 0.29) is 0 Å². The summed E-state index contributed by atoms with van der Waals surface area (Å²) in [7, 11) is 0. The number of hydrogen-bond donors (Lipinski definition) is 0. The lowest BCUT2D eigenvalue weighted by molar-refractivity contribution is 0.362. The Labute approximate surface area is 143 Å². The highest BCUT2D eigenvalue weighted by atomic mass is 15.2. The number of rotatable bonds is 7. The van der Waals surface area contributed by atoms with Gasteiger partial charge in [-0.25, -0.2) is 0 Å². The largest absolute Gasteiger partial charge is 0.359 e. The van der Waals surface area contributed by atoms with Crippen molar-refractivity contribution >= 4 is 5.70 Å². The molecule has 0 radical (unpaired) electrons. The summed E-state index contributed by atoms with van der Waals surface area (Å²) in [6.07, 6.45) is 5.22. The first-order valence-corrected chi connectivity index (χ1v) is 8.68. The molecule has 0 aromatic heterocycles. The van der Waals surface area contributed by atoms with Crippen LogP contribution in [0.15, 0.2) is 36.6 Å². The Balaban J connectivity index is 3.52. The summed E-state index contributed by atoms with van der Waals surface area (Å²) in [6, 6.07) is 4.93. The molecule has 0 atom stereocenters. The van der Waals surface area contributed by atoms with Gasteiger partial charge in [-0.2, -0.15) is 0 Å². The van der Waals surface area contributed by atoms with Crippen molar-refractivity contribution in [2.24, 2.45) is 5.92 Å². The zero-order valence-corrected chi connectivity index (χ0v) is 16.0. The van der Waals surface area contributed by atoms with E-state index in [0.717, 1.165) is 13.0 Å². The average molecular weight is 312 g/mol. The third kappa shape index (κ3) is 5.44. The van der Waals surface area contributed by atoms with Gasteiger partial charge in [0.05, 0.1) is 5.70 Å². The maximum atomic E-state index is 3.93. The van der Waals surface area contributed by atoms with Crippen LogP contribution in [0.3, 0.4) is 0 Å². The molecule has 0 aliphatic heterocycles. The first kappa shape index (κ1) is 19.3. The van der Waals surface area contributed by atoms with Gasteiger partial charge in [0.1, 0.15) is 0 Å². The van der Waals surface area contributed by atoms with Crippen molar-refractivity contribution in [3.63, 3.8) is 0 Å². The van der Waals surface area contributed by atoms with E-state index < -0.39 is 0 Å². The average Bonchev–Trinajstić information content (AvgIpc) is 2.41. The maximum absolute atomic E-state index is 3.93. The molecule has 126 valence electrons. The van der Waals surface area contributed by atoms with Crippen molar-refractivity contribution in [1.29, 1.82) is 0 Å². The quantitative estimate of drug-likeness (QED) is 0.437. The number of benzene rings is 1. The van der Waals surface area contributed by atoms with Crippen molar-refractivity contribution in [1.82, 2.24) is 4.90 Å². The van der Waals surface area contributed by atoms with Crippen LogP contribution in [0.2, 0.25) is 0 Å². The molecule has 0 heterocycles. The minimum Gasteiger partial charge on any atom is -0.359 e. The van der Waals surface area contributed by atoms with E-state index in [1.54, 1.807) is 0 Å². The normalized spacial score (nSPS) is 10.7. The van der Waals surface area contributed by atoms with E-state index in [1.807, 2.05) is 6.08 Å². The minimum absolute atomic E-state index is 0.406. The molecule has 0 amide bonds. The fraction of sp³-hybridized carbons (Fsp3) is 0.500. The summed E-state index contributed by atoms with van der Waals surface area (Å²) in [5.41, 5.74) is 10.1. The predicted molar refractivity (Wildman–Crippen MR) is 104 cm³/mol. The molecule has 23 heavy (non-hydrogen) atoms. The van der Waals surface area contributed by atoms with Crippen LogP contribution in [0.25, 0.3) is 5.70 Å². The second kappa shape index (κ2) is 8.79. The van der Waals surface area contributed by atoms with E-state index in [1.165, 1.54) is 28.0 Å². The highest BCUT2D eigenvalue weighted by Crippen LogP contribution is 2.28. The summed E-state index contributed by atoms with van der Waals surface area (Å²) in [4.78, 5) is 2.38. The van der Waals surface area contributed by atoms with Gasteiger partial charge in [-0.05, 0) is 64.2 Å². The van der Waals surface area contributed by atoms with Crippen LogP contribution in [0, 0.1) is 26.7 Å². The molecule has 0 aliphatic rings. The highest BCUT2D eigenvalue weighted by molar-refractivity contribution is 5.70. The van der Waals surface area contributed by atoms with Crippen molar-refractivity contribution in [3.05, 3.63) is 58.8 Å². The number of hydrogen-bond acceptors (Lipinski definition) is 1. The second-order valence-electron chi connectivity index (χ2n) is 7.14. The van der Waals surface area contributed by atoms with Gasteiger partial charge in [0.25, 0.3) is 0 Å². The SMILES string of the molecule is C=CCN(C(=C=CCC(C)C)c1c(C)cc(C)cc1C)C(C)C. The van der Waals surface area contributed by atoms with Gasteiger partial charge in [0.2, 0.25) is 0 Å². The molecule has 0 saturated heterocycles. The van der Waals surface area contributed by atoms with Gasteiger partial charge in [0.15, 0.2) is 0 Å². The molecule has 0 fully saturated rings. The minimum atomic E-state index is 0.406. The summed E-state index contributed by atoms with van der Waals surface area (Å²) in [5.74, 6) is 0.649. The van der Waals surface area contributed by atoms with E-state index in [0.29, 0.717) is 12.0 Å². The second-order valence-corrected chi connectivity index (χ2v) is 7.14. The predicted octanol–water partition coefficient (Wildman–Crippen LogP) is 6.05. The van der Waals surface area contributed by atoms with Crippen LogP contribution >= 0.6 is 0 Å². The smallest absolute Gasteiger partial charge is 0.0880 e. The Morgan fingerprint density at radius 1 is 1.13 bits per heavy atom. The van der Waals surface area contributed by atoms with Crippen molar-refractivity contribution in [2.75, 3.05) is 6.54 Å². The Bertz CT molecular complexity index is 575. The molecular formula is C22H33N. The van der Waals surface area contributed by atoms with E-state index in [2.05, 4.69) is 83.9 Å². The molecule has 1 heteroatoms. The van der Waals surface area contributed by atoms with Crippen molar-refractivity contribution in [2.45, 2.75) is 60.9 Å². The Hall–Kier alpha value is -1.72. The van der Waals surface area contributed by atoms with Crippen molar-refractivity contribution < 1.29 is 0 Å².